The lowest BCUT2D eigenvalue weighted by atomic mass is 10.2. The Morgan fingerprint density at radius 1 is 1.29 bits per heavy atom. The number of hydrogen-bond acceptors (Lipinski definition) is 2. The Labute approximate surface area is 137 Å². The molecule has 112 valence electrons. The normalized spacial score (nSPS) is 19.5. The Hall–Kier alpha value is -0.820. The smallest absolute Gasteiger partial charge is 0.245 e. The molecular formula is C14H14BrClN2O2S. The van der Waals surface area contributed by atoms with Crippen molar-refractivity contribution in [2.45, 2.75) is 24.4 Å². The maximum atomic E-state index is 12.9. The Kier molecular flexibility index (Phi) is 3.90. The summed E-state index contributed by atoms with van der Waals surface area (Å²) in [7, 11) is -3.61. The van der Waals surface area contributed by atoms with E-state index in [-0.39, 0.29) is 16.0 Å². The fraction of sp³-hybridized carbons (Fsp3) is 0.286. The lowest BCUT2D eigenvalue weighted by Crippen LogP contribution is -2.40. The molecule has 0 spiro atoms. The van der Waals surface area contributed by atoms with Gasteiger partial charge in [0.05, 0.1) is 11.1 Å². The van der Waals surface area contributed by atoms with Gasteiger partial charge in [-0.2, -0.15) is 4.31 Å². The van der Waals surface area contributed by atoms with Crippen LogP contribution in [0.15, 0.2) is 45.9 Å². The molecular weight excluding hydrogens is 376 g/mol. The maximum Gasteiger partial charge on any atom is 0.245 e. The molecule has 3 rings (SSSR count). The zero-order valence-corrected chi connectivity index (χ0v) is 14.5. The minimum Gasteiger partial charge on any atom is -0.349 e. The molecule has 0 bridgehead atoms. The predicted octanol–water partition coefficient (Wildman–Crippen LogP) is 3.67. The summed E-state index contributed by atoms with van der Waals surface area (Å²) in [6.45, 7) is 2.99. The molecule has 0 saturated carbocycles. The molecule has 0 aliphatic carbocycles. The first-order valence-corrected chi connectivity index (χ1v) is 9.14. The lowest BCUT2D eigenvalue weighted by Gasteiger charge is -2.34. The van der Waals surface area contributed by atoms with E-state index in [2.05, 4.69) is 20.5 Å². The van der Waals surface area contributed by atoms with Gasteiger partial charge in [-0.3, -0.25) is 0 Å². The van der Waals surface area contributed by atoms with Gasteiger partial charge >= 0.3 is 0 Å². The number of halogens is 2. The van der Waals surface area contributed by atoms with Gasteiger partial charge in [0.2, 0.25) is 10.0 Å². The van der Waals surface area contributed by atoms with Crippen LogP contribution in [0.25, 0.3) is 0 Å². The van der Waals surface area contributed by atoms with E-state index < -0.39 is 10.0 Å². The van der Waals surface area contributed by atoms with E-state index in [4.69, 9.17) is 11.6 Å². The van der Waals surface area contributed by atoms with Crippen LogP contribution in [-0.4, -0.2) is 23.8 Å². The van der Waals surface area contributed by atoms with E-state index in [1.54, 1.807) is 18.2 Å². The second-order valence-electron chi connectivity index (χ2n) is 4.99. The van der Waals surface area contributed by atoms with Gasteiger partial charge in [0.1, 0.15) is 4.90 Å². The second-order valence-corrected chi connectivity index (χ2v) is 8.17. The Morgan fingerprint density at radius 3 is 2.76 bits per heavy atom. The number of aromatic nitrogens is 1. The average Bonchev–Trinajstić information content (AvgIpc) is 2.87. The van der Waals surface area contributed by atoms with Crippen LogP contribution in [0.1, 0.15) is 18.7 Å². The van der Waals surface area contributed by atoms with Crippen molar-refractivity contribution in [1.82, 2.24) is 8.87 Å². The van der Waals surface area contributed by atoms with Crippen molar-refractivity contribution in [2.24, 2.45) is 0 Å². The summed E-state index contributed by atoms with van der Waals surface area (Å²) in [6.07, 6.45) is 1.97. The minimum atomic E-state index is -3.61. The fourth-order valence-electron chi connectivity index (χ4n) is 2.70. The average molecular weight is 390 g/mol. The van der Waals surface area contributed by atoms with Crippen molar-refractivity contribution in [3.05, 3.63) is 51.7 Å². The van der Waals surface area contributed by atoms with E-state index in [0.29, 0.717) is 13.1 Å². The molecule has 2 aromatic rings. The zero-order chi connectivity index (χ0) is 15.2. The third-order valence-corrected chi connectivity index (χ3v) is 6.71. The quantitative estimate of drug-likeness (QED) is 0.786. The summed E-state index contributed by atoms with van der Waals surface area (Å²) in [5.74, 6) is 0. The third-order valence-electron chi connectivity index (χ3n) is 3.77. The molecule has 0 saturated heterocycles. The molecule has 1 atom stereocenters. The van der Waals surface area contributed by atoms with Gasteiger partial charge in [-0.1, -0.05) is 27.5 Å². The van der Waals surface area contributed by atoms with Crippen LogP contribution in [0.2, 0.25) is 5.02 Å². The van der Waals surface area contributed by atoms with E-state index in [1.165, 1.54) is 4.31 Å². The topological polar surface area (TPSA) is 42.3 Å². The number of hydrogen-bond donors (Lipinski definition) is 0. The van der Waals surface area contributed by atoms with E-state index >= 15 is 0 Å². The fourth-order valence-corrected chi connectivity index (χ4v) is 5.31. The van der Waals surface area contributed by atoms with Gasteiger partial charge in [0.15, 0.2) is 0 Å². The van der Waals surface area contributed by atoms with Crippen LogP contribution in [0.3, 0.4) is 0 Å². The van der Waals surface area contributed by atoms with Gasteiger partial charge in [-0.25, -0.2) is 8.42 Å². The van der Waals surface area contributed by atoms with E-state index in [9.17, 15) is 8.42 Å². The largest absolute Gasteiger partial charge is 0.349 e. The van der Waals surface area contributed by atoms with Crippen LogP contribution in [0, 0.1) is 0 Å². The first-order valence-electron chi connectivity index (χ1n) is 6.53. The summed E-state index contributed by atoms with van der Waals surface area (Å²) in [6, 6.07) is 8.52. The van der Waals surface area contributed by atoms with Crippen molar-refractivity contribution in [3.63, 3.8) is 0 Å². The molecule has 0 amide bonds. The number of nitrogens with zero attached hydrogens (tertiary/aromatic N) is 2. The number of benzene rings is 1. The van der Waals surface area contributed by atoms with Crippen molar-refractivity contribution < 1.29 is 8.42 Å². The van der Waals surface area contributed by atoms with E-state index in [0.717, 1.165) is 10.2 Å². The zero-order valence-electron chi connectivity index (χ0n) is 11.3. The monoisotopic (exact) mass is 388 g/mol. The van der Waals surface area contributed by atoms with Crippen LogP contribution < -0.4 is 0 Å². The summed E-state index contributed by atoms with van der Waals surface area (Å²) >= 11 is 9.41. The van der Waals surface area contributed by atoms with Crippen LogP contribution in [0.5, 0.6) is 0 Å². The van der Waals surface area contributed by atoms with Crippen LogP contribution >= 0.6 is 27.5 Å². The number of sulfonamides is 1. The Morgan fingerprint density at radius 2 is 2.05 bits per heavy atom. The highest BCUT2D eigenvalue weighted by atomic mass is 79.9. The summed E-state index contributed by atoms with van der Waals surface area (Å²) in [4.78, 5) is 0.152. The Bertz CT molecular complexity index is 788. The maximum absolute atomic E-state index is 12.9. The SMILES string of the molecule is C[C@H]1c2cccn2CCN1S(=O)(=O)c1ccc(Br)cc1Cl. The first kappa shape index (κ1) is 15.1. The molecule has 0 radical (unpaired) electrons. The van der Waals surface area contributed by atoms with Gasteiger partial charge in [-0.15, -0.1) is 0 Å². The van der Waals surface area contributed by atoms with Crippen molar-refractivity contribution in [1.29, 1.82) is 0 Å². The molecule has 21 heavy (non-hydrogen) atoms. The van der Waals surface area contributed by atoms with Gasteiger partial charge < -0.3 is 4.57 Å². The molecule has 2 heterocycles. The summed E-state index contributed by atoms with van der Waals surface area (Å²) in [5.41, 5.74) is 0.998. The standard InChI is InChI=1S/C14H14BrClN2O2S/c1-10-13-3-2-6-17(13)7-8-18(10)21(19,20)14-5-4-11(15)9-12(14)16/h2-6,9-10H,7-8H2,1H3/t10-/m0/s1. The first-order chi connectivity index (χ1) is 9.91. The van der Waals surface area contributed by atoms with Crippen LogP contribution in [0.4, 0.5) is 0 Å². The number of fused-ring (bicyclic) bond motifs is 1. The second kappa shape index (κ2) is 5.43. The lowest BCUT2D eigenvalue weighted by molar-refractivity contribution is 0.282. The highest BCUT2D eigenvalue weighted by Gasteiger charge is 2.34. The highest BCUT2D eigenvalue weighted by Crippen LogP contribution is 2.34. The molecule has 1 aromatic carbocycles. The minimum absolute atomic E-state index is 0.152. The molecule has 1 aromatic heterocycles. The van der Waals surface area contributed by atoms with Gasteiger partial charge in [-0.05, 0) is 37.3 Å². The molecule has 7 heteroatoms. The van der Waals surface area contributed by atoms with Gasteiger partial charge in [0.25, 0.3) is 0 Å². The Balaban J connectivity index is 2.03. The van der Waals surface area contributed by atoms with Crippen molar-refractivity contribution >= 4 is 37.6 Å². The summed E-state index contributed by atoms with van der Waals surface area (Å²) in [5, 5.41) is 0.234. The molecule has 1 aliphatic rings. The van der Waals surface area contributed by atoms with Gasteiger partial charge in [0, 0.05) is 29.5 Å². The molecule has 0 N–H and O–H groups in total. The van der Waals surface area contributed by atoms with E-state index in [1.807, 2.05) is 25.3 Å². The number of rotatable bonds is 2. The predicted molar refractivity (Wildman–Crippen MR) is 85.9 cm³/mol. The van der Waals surface area contributed by atoms with Crippen molar-refractivity contribution in [2.75, 3.05) is 6.54 Å². The summed E-state index contributed by atoms with van der Waals surface area (Å²) < 4.78 is 30.1. The molecule has 1 aliphatic heterocycles. The molecule has 4 nitrogen and oxygen atoms in total. The molecule has 0 unspecified atom stereocenters. The van der Waals surface area contributed by atoms with Crippen molar-refractivity contribution in [3.8, 4) is 0 Å². The highest BCUT2D eigenvalue weighted by molar-refractivity contribution is 9.10. The third kappa shape index (κ3) is 2.54. The van der Waals surface area contributed by atoms with Crippen LogP contribution in [-0.2, 0) is 16.6 Å². The molecule has 0 fully saturated rings.